The molecule has 0 spiro atoms. The third-order valence-corrected chi connectivity index (χ3v) is 12.3. The Kier molecular flexibility index (Phi) is 35.3. The van der Waals surface area contributed by atoms with Crippen LogP contribution < -0.4 is 14.8 Å². The van der Waals surface area contributed by atoms with Crippen molar-refractivity contribution < 1.29 is 61.9 Å². The number of ether oxygens (including phenoxy) is 8. The van der Waals surface area contributed by atoms with Crippen LogP contribution in [-0.4, -0.2) is 93.5 Å². The highest BCUT2D eigenvalue weighted by molar-refractivity contribution is 5.95. The van der Waals surface area contributed by atoms with E-state index in [4.69, 9.17) is 37.9 Å². The SMILES string of the molecule is CCCCCCCCCCCCOc1cc(OCCCCCCCCCCCC)cc(C(=O)NCCCCCCCCCCO[C@@H]2O[C@H](COC(C)=O)[C@H](OC(C)=O)[C@H](OC(C)=O)[C@H]2OC(C)=O)c1. The van der Waals surface area contributed by atoms with Gasteiger partial charge in [0.25, 0.3) is 5.91 Å². The maximum atomic E-state index is 13.4. The van der Waals surface area contributed by atoms with Crippen LogP contribution in [0.2, 0.25) is 0 Å². The van der Waals surface area contributed by atoms with Gasteiger partial charge in [-0.2, -0.15) is 0 Å². The number of esters is 4. The maximum absolute atomic E-state index is 13.4. The zero-order valence-corrected chi connectivity index (χ0v) is 43.8. The van der Waals surface area contributed by atoms with Gasteiger partial charge < -0.3 is 43.2 Å². The molecule has 396 valence electrons. The van der Waals surface area contributed by atoms with Gasteiger partial charge in [0.05, 0.1) is 13.2 Å². The number of hydrogen-bond acceptors (Lipinski definition) is 13. The Morgan fingerprint density at radius 2 is 0.855 bits per heavy atom. The third kappa shape index (κ3) is 30.4. The van der Waals surface area contributed by atoms with E-state index in [1.807, 2.05) is 18.2 Å². The van der Waals surface area contributed by atoms with Gasteiger partial charge in [0.15, 0.2) is 24.6 Å². The van der Waals surface area contributed by atoms with Crippen molar-refractivity contribution in [2.24, 2.45) is 0 Å². The molecule has 0 radical (unpaired) electrons. The predicted molar refractivity (Wildman–Crippen MR) is 268 cm³/mol. The summed E-state index contributed by atoms with van der Waals surface area (Å²) in [6.45, 7) is 11.1. The fraction of sp³-hybridized carbons (Fsp3) is 0.800. The maximum Gasteiger partial charge on any atom is 0.303 e. The normalized spacial score (nSPS) is 17.7. The van der Waals surface area contributed by atoms with E-state index in [1.54, 1.807) is 0 Å². The summed E-state index contributed by atoms with van der Waals surface area (Å²) in [5.74, 6) is -1.38. The monoisotopic (exact) mass is 976 g/mol. The average molecular weight is 976 g/mol. The first kappa shape index (κ1) is 61.2. The van der Waals surface area contributed by atoms with E-state index in [9.17, 15) is 24.0 Å². The van der Waals surface area contributed by atoms with Crippen molar-refractivity contribution in [3.63, 3.8) is 0 Å². The molecule has 1 amide bonds. The highest BCUT2D eigenvalue weighted by atomic mass is 16.7. The summed E-state index contributed by atoms with van der Waals surface area (Å²) in [6.07, 6.45) is 27.0. The fourth-order valence-electron chi connectivity index (χ4n) is 8.54. The lowest BCUT2D eigenvalue weighted by Gasteiger charge is -2.44. The van der Waals surface area contributed by atoms with Crippen LogP contribution in [0.1, 0.15) is 232 Å². The fourth-order valence-corrected chi connectivity index (χ4v) is 8.54. The van der Waals surface area contributed by atoms with Crippen molar-refractivity contribution in [1.29, 1.82) is 0 Å². The smallest absolute Gasteiger partial charge is 0.303 e. The van der Waals surface area contributed by atoms with Gasteiger partial charge in [-0.1, -0.05) is 168 Å². The van der Waals surface area contributed by atoms with Crippen LogP contribution in [0, 0.1) is 0 Å². The van der Waals surface area contributed by atoms with Crippen LogP contribution >= 0.6 is 0 Å². The van der Waals surface area contributed by atoms with Gasteiger partial charge in [-0.05, 0) is 37.8 Å². The van der Waals surface area contributed by atoms with E-state index < -0.39 is 54.6 Å². The zero-order chi connectivity index (χ0) is 50.3. The molecule has 1 saturated heterocycles. The zero-order valence-electron chi connectivity index (χ0n) is 43.8. The van der Waals surface area contributed by atoms with E-state index in [0.717, 1.165) is 70.6 Å². The molecule has 0 saturated carbocycles. The summed E-state index contributed by atoms with van der Waals surface area (Å²) in [7, 11) is 0. The van der Waals surface area contributed by atoms with E-state index >= 15 is 0 Å². The van der Waals surface area contributed by atoms with Crippen LogP contribution in [-0.2, 0) is 47.6 Å². The van der Waals surface area contributed by atoms with E-state index in [1.165, 1.54) is 130 Å². The number of carbonyl (C=O) groups is 5. The second-order valence-corrected chi connectivity index (χ2v) is 18.8. The molecule has 1 aliphatic heterocycles. The lowest BCUT2D eigenvalue weighted by Crippen LogP contribution is -2.63. The minimum atomic E-state index is -1.26. The molecule has 1 aromatic carbocycles. The van der Waals surface area contributed by atoms with Crippen molar-refractivity contribution in [3.05, 3.63) is 23.8 Å². The van der Waals surface area contributed by atoms with Gasteiger partial charge in [0.1, 0.15) is 24.2 Å². The molecule has 1 heterocycles. The van der Waals surface area contributed by atoms with Crippen molar-refractivity contribution >= 4 is 29.8 Å². The van der Waals surface area contributed by atoms with Crippen LogP contribution in [0.5, 0.6) is 11.5 Å². The Hall–Kier alpha value is -3.91. The molecular weight excluding hydrogens is 883 g/mol. The molecule has 2 rings (SSSR count). The average Bonchev–Trinajstić information content (AvgIpc) is 3.30. The molecule has 5 atom stereocenters. The van der Waals surface area contributed by atoms with Crippen LogP contribution in [0.4, 0.5) is 0 Å². The van der Waals surface area contributed by atoms with E-state index in [-0.39, 0.29) is 19.1 Å². The second kappa shape index (κ2) is 39.8. The van der Waals surface area contributed by atoms with Gasteiger partial charge in [0.2, 0.25) is 0 Å². The standard InChI is InChI=1S/C55H93NO13/c1-7-9-11-13-15-17-20-24-28-32-36-62-48-39-47(40-49(41-48)63-37-33-29-25-21-18-16-14-12-10-8-2)54(61)56-35-31-27-23-19-22-26-30-34-38-64-55-53(68-46(6)60)52(67-45(5)59)51(66-44(4)58)50(69-55)42-65-43(3)57/h39-41,50-53,55H,7-38,42H2,1-6H3,(H,56,61)/t50-,51+,52+,53-,55-/m1/s1. The van der Waals surface area contributed by atoms with E-state index in [0.29, 0.717) is 43.2 Å². The van der Waals surface area contributed by atoms with Gasteiger partial charge in [-0.25, -0.2) is 0 Å². The number of amides is 1. The summed E-state index contributed by atoms with van der Waals surface area (Å²) >= 11 is 0. The quantitative estimate of drug-likeness (QED) is 0.0373. The molecule has 0 bridgehead atoms. The first-order chi connectivity index (χ1) is 33.4. The molecule has 1 N–H and O–H groups in total. The van der Waals surface area contributed by atoms with Crippen LogP contribution in [0.3, 0.4) is 0 Å². The second-order valence-electron chi connectivity index (χ2n) is 18.8. The number of hydrogen-bond donors (Lipinski definition) is 1. The lowest BCUT2D eigenvalue weighted by atomic mass is 9.98. The molecule has 0 aromatic heterocycles. The Balaban J connectivity index is 1.77. The molecule has 1 aromatic rings. The van der Waals surface area contributed by atoms with E-state index in [2.05, 4.69) is 19.2 Å². The minimum Gasteiger partial charge on any atom is -0.493 e. The molecule has 1 aliphatic rings. The largest absolute Gasteiger partial charge is 0.493 e. The number of rotatable bonds is 42. The van der Waals surface area contributed by atoms with Crippen molar-refractivity contribution in [1.82, 2.24) is 5.32 Å². The molecule has 0 aliphatic carbocycles. The molecule has 1 fully saturated rings. The molecule has 69 heavy (non-hydrogen) atoms. The summed E-state index contributed by atoms with van der Waals surface area (Å²) in [5.41, 5.74) is 0.562. The van der Waals surface area contributed by atoms with Crippen molar-refractivity contribution in [3.8, 4) is 11.5 Å². The van der Waals surface area contributed by atoms with Gasteiger partial charge in [-0.15, -0.1) is 0 Å². The Labute approximate surface area is 416 Å². The van der Waals surface area contributed by atoms with Gasteiger partial charge in [-0.3, -0.25) is 24.0 Å². The Morgan fingerprint density at radius 1 is 0.464 bits per heavy atom. The number of benzene rings is 1. The number of unbranched alkanes of at least 4 members (excludes halogenated alkanes) is 25. The highest BCUT2D eigenvalue weighted by Gasteiger charge is 2.52. The summed E-state index contributed by atoms with van der Waals surface area (Å²) in [5, 5.41) is 3.11. The summed E-state index contributed by atoms with van der Waals surface area (Å²) in [6, 6.07) is 5.61. The number of carbonyl (C=O) groups excluding carboxylic acids is 5. The Morgan fingerprint density at radius 3 is 1.29 bits per heavy atom. The summed E-state index contributed by atoms with van der Waals surface area (Å²) in [4.78, 5) is 61.1. The summed E-state index contributed by atoms with van der Waals surface area (Å²) < 4.78 is 45.9. The lowest BCUT2D eigenvalue weighted by molar-refractivity contribution is -0.308. The Bertz CT molecular complexity index is 1490. The van der Waals surface area contributed by atoms with Crippen molar-refractivity contribution in [2.45, 2.75) is 252 Å². The first-order valence-electron chi connectivity index (χ1n) is 27.1. The predicted octanol–water partition coefficient (Wildman–Crippen LogP) is 12.2. The van der Waals surface area contributed by atoms with Gasteiger partial charge >= 0.3 is 23.9 Å². The molecule has 14 heteroatoms. The topological polar surface area (TPSA) is 171 Å². The number of nitrogens with one attached hydrogen (secondary N) is 1. The van der Waals surface area contributed by atoms with Gasteiger partial charge in [0, 0.05) is 52.5 Å². The molecule has 0 unspecified atom stereocenters. The third-order valence-electron chi connectivity index (χ3n) is 12.3. The molecular formula is C55H93NO13. The van der Waals surface area contributed by atoms with Crippen molar-refractivity contribution in [2.75, 3.05) is 33.0 Å². The van der Waals surface area contributed by atoms with Crippen LogP contribution in [0.25, 0.3) is 0 Å². The minimum absolute atomic E-state index is 0.116. The first-order valence-corrected chi connectivity index (χ1v) is 27.1. The van der Waals surface area contributed by atoms with Crippen LogP contribution in [0.15, 0.2) is 18.2 Å². The highest BCUT2D eigenvalue weighted by Crippen LogP contribution is 2.30. The molecule has 14 nitrogen and oxygen atoms in total.